The Morgan fingerprint density at radius 2 is 1.84 bits per heavy atom. The fourth-order valence-electron chi connectivity index (χ4n) is 2.90. The molecule has 0 N–H and O–H groups in total. The molecule has 1 aromatic heterocycles. The number of nitrogens with zero attached hydrogens (tertiary/aromatic N) is 3. The molecule has 0 unspecified atom stereocenters. The van der Waals surface area contributed by atoms with Crippen molar-refractivity contribution in [3.63, 3.8) is 0 Å². The van der Waals surface area contributed by atoms with Gasteiger partial charge in [0.05, 0.1) is 16.3 Å². The summed E-state index contributed by atoms with van der Waals surface area (Å²) in [5.41, 5.74) is 1.74. The fourth-order valence-corrected chi connectivity index (χ4v) is 4.01. The number of thioether (sulfide) groups is 1. The highest BCUT2D eigenvalue weighted by atomic mass is 35.5. The Labute approximate surface area is 158 Å². The molecule has 2 aromatic rings. The third kappa shape index (κ3) is 4.28. The van der Waals surface area contributed by atoms with E-state index in [4.69, 9.17) is 11.6 Å². The van der Waals surface area contributed by atoms with Gasteiger partial charge >= 0.3 is 0 Å². The van der Waals surface area contributed by atoms with Crippen LogP contribution in [0.1, 0.15) is 24.2 Å². The van der Waals surface area contributed by atoms with Crippen LogP contribution in [0.5, 0.6) is 0 Å². The van der Waals surface area contributed by atoms with Crippen molar-refractivity contribution < 1.29 is 4.79 Å². The second kappa shape index (κ2) is 8.11. The van der Waals surface area contributed by atoms with Crippen LogP contribution < -0.4 is 4.90 Å². The van der Waals surface area contributed by atoms with Gasteiger partial charge in [-0.15, -0.1) is 11.8 Å². The largest absolute Gasteiger partial charge is 0.367 e. The Morgan fingerprint density at radius 1 is 1.12 bits per heavy atom. The molecule has 2 heterocycles. The molecule has 4 nitrogen and oxygen atoms in total. The average Bonchev–Trinajstić information content (AvgIpc) is 2.62. The van der Waals surface area contributed by atoms with E-state index < -0.39 is 0 Å². The highest BCUT2D eigenvalue weighted by Crippen LogP contribution is 2.28. The first-order chi connectivity index (χ1) is 12.1. The highest BCUT2D eigenvalue weighted by Gasteiger charge is 2.25. The molecule has 0 atom stereocenters. The van der Waals surface area contributed by atoms with Gasteiger partial charge in [-0.05, 0) is 24.3 Å². The molecule has 0 saturated carbocycles. The van der Waals surface area contributed by atoms with E-state index in [1.807, 2.05) is 41.3 Å². The van der Waals surface area contributed by atoms with Crippen LogP contribution in [0.4, 0.5) is 5.69 Å². The molecule has 132 valence electrons. The van der Waals surface area contributed by atoms with Crippen molar-refractivity contribution in [2.75, 3.05) is 31.1 Å². The van der Waals surface area contributed by atoms with Gasteiger partial charge in [0, 0.05) is 37.6 Å². The van der Waals surface area contributed by atoms with E-state index in [1.54, 1.807) is 18.0 Å². The second-order valence-corrected chi connectivity index (χ2v) is 8.23. The topological polar surface area (TPSA) is 36.4 Å². The first-order valence-corrected chi connectivity index (χ1v) is 9.72. The van der Waals surface area contributed by atoms with Crippen molar-refractivity contribution in [2.24, 2.45) is 0 Å². The lowest BCUT2D eigenvalue weighted by Crippen LogP contribution is -2.49. The van der Waals surface area contributed by atoms with Crippen molar-refractivity contribution in [1.29, 1.82) is 0 Å². The quantitative estimate of drug-likeness (QED) is 0.750. The van der Waals surface area contributed by atoms with Crippen molar-refractivity contribution in [3.05, 3.63) is 53.2 Å². The number of aromatic nitrogens is 1. The van der Waals surface area contributed by atoms with E-state index in [0.29, 0.717) is 23.9 Å². The molecular weight excluding hydrogens is 354 g/mol. The number of anilines is 1. The van der Waals surface area contributed by atoms with Crippen molar-refractivity contribution in [2.45, 2.75) is 24.1 Å². The summed E-state index contributed by atoms with van der Waals surface area (Å²) in [5, 5.41) is 1.96. The number of amides is 1. The summed E-state index contributed by atoms with van der Waals surface area (Å²) in [7, 11) is 0. The van der Waals surface area contributed by atoms with E-state index in [2.05, 4.69) is 23.7 Å². The number of rotatable bonds is 4. The molecule has 1 aromatic carbocycles. The predicted octanol–water partition coefficient (Wildman–Crippen LogP) is 4.20. The molecule has 1 fully saturated rings. The summed E-state index contributed by atoms with van der Waals surface area (Å²) < 4.78 is 0. The van der Waals surface area contributed by atoms with Gasteiger partial charge in [-0.25, -0.2) is 4.98 Å². The minimum atomic E-state index is 0.0649. The number of piperazine rings is 1. The number of halogens is 1. The van der Waals surface area contributed by atoms with Gasteiger partial charge in [0.1, 0.15) is 5.03 Å². The van der Waals surface area contributed by atoms with E-state index in [-0.39, 0.29) is 5.91 Å². The Kier molecular flexibility index (Phi) is 5.86. The van der Waals surface area contributed by atoms with Crippen LogP contribution in [-0.2, 0) is 0 Å². The first-order valence-electron chi connectivity index (χ1n) is 8.46. The SMILES string of the molecule is CC(C)Sc1ncccc1C(=O)N1CCN(c2ccccc2Cl)CC1. The third-order valence-electron chi connectivity index (χ3n) is 4.11. The van der Waals surface area contributed by atoms with Gasteiger partial charge in [0.25, 0.3) is 5.91 Å². The highest BCUT2D eigenvalue weighted by molar-refractivity contribution is 7.99. The third-order valence-corrected chi connectivity index (χ3v) is 5.45. The van der Waals surface area contributed by atoms with Crippen LogP contribution in [0.15, 0.2) is 47.6 Å². The van der Waals surface area contributed by atoms with Crippen LogP contribution in [0.3, 0.4) is 0 Å². The summed E-state index contributed by atoms with van der Waals surface area (Å²) in [4.78, 5) is 21.5. The number of carbonyl (C=O) groups is 1. The maximum absolute atomic E-state index is 12.9. The van der Waals surface area contributed by atoms with Crippen molar-refractivity contribution in [1.82, 2.24) is 9.88 Å². The molecular formula is C19H22ClN3OS. The zero-order valence-electron chi connectivity index (χ0n) is 14.5. The summed E-state index contributed by atoms with van der Waals surface area (Å²) in [6.45, 7) is 7.15. The minimum Gasteiger partial charge on any atom is -0.367 e. The van der Waals surface area contributed by atoms with E-state index >= 15 is 0 Å². The molecule has 0 spiro atoms. The van der Waals surface area contributed by atoms with Crippen molar-refractivity contribution in [3.8, 4) is 0 Å². The number of pyridine rings is 1. The molecule has 6 heteroatoms. The lowest BCUT2D eigenvalue weighted by molar-refractivity contribution is 0.0742. The van der Waals surface area contributed by atoms with Crippen LogP contribution >= 0.6 is 23.4 Å². The van der Waals surface area contributed by atoms with Gasteiger partial charge in [-0.2, -0.15) is 0 Å². The van der Waals surface area contributed by atoms with E-state index in [9.17, 15) is 4.79 Å². The first kappa shape index (κ1) is 18.1. The van der Waals surface area contributed by atoms with Crippen LogP contribution in [-0.4, -0.2) is 47.2 Å². The van der Waals surface area contributed by atoms with Gasteiger partial charge in [0.2, 0.25) is 0 Å². The van der Waals surface area contributed by atoms with E-state index in [0.717, 1.165) is 28.8 Å². The number of hydrogen-bond acceptors (Lipinski definition) is 4. The fraction of sp³-hybridized carbons (Fsp3) is 0.368. The van der Waals surface area contributed by atoms with E-state index in [1.165, 1.54) is 0 Å². The molecule has 3 rings (SSSR count). The number of benzene rings is 1. The standard InChI is InChI=1S/C19H22ClN3OS/c1-14(2)25-18-15(6-5-9-21-18)19(24)23-12-10-22(11-13-23)17-8-4-3-7-16(17)20/h3-9,14H,10-13H2,1-2H3. The molecule has 1 amide bonds. The maximum atomic E-state index is 12.9. The molecule has 0 aliphatic carbocycles. The smallest absolute Gasteiger partial charge is 0.256 e. The molecule has 25 heavy (non-hydrogen) atoms. The van der Waals surface area contributed by atoms with Gasteiger partial charge in [-0.3, -0.25) is 4.79 Å². The normalized spacial score (nSPS) is 14.9. The summed E-state index contributed by atoms with van der Waals surface area (Å²) in [5.74, 6) is 0.0649. The lowest BCUT2D eigenvalue weighted by atomic mass is 10.2. The summed E-state index contributed by atoms with van der Waals surface area (Å²) >= 11 is 7.92. The molecule has 0 bridgehead atoms. The zero-order chi connectivity index (χ0) is 17.8. The Bertz CT molecular complexity index is 745. The molecule has 1 aliphatic heterocycles. The summed E-state index contributed by atoms with van der Waals surface area (Å²) in [6, 6.07) is 11.6. The molecule has 0 radical (unpaired) electrons. The van der Waals surface area contributed by atoms with Gasteiger partial charge in [-0.1, -0.05) is 37.6 Å². The lowest BCUT2D eigenvalue weighted by Gasteiger charge is -2.36. The Morgan fingerprint density at radius 3 is 2.52 bits per heavy atom. The zero-order valence-corrected chi connectivity index (χ0v) is 16.1. The van der Waals surface area contributed by atoms with Crippen LogP contribution in [0.2, 0.25) is 5.02 Å². The molecule has 1 saturated heterocycles. The Balaban J connectivity index is 1.69. The number of carbonyl (C=O) groups excluding carboxylic acids is 1. The van der Waals surface area contributed by atoms with Crippen LogP contribution in [0, 0.1) is 0 Å². The predicted molar refractivity (Wildman–Crippen MR) is 105 cm³/mol. The molecule has 1 aliphatic rings. The maximum Gasteiger partial charge on any atom is 0.256 e. The monoisotopic (exact) mass is 375 g/mol. The Hall–Kier alpha value is -1.72. The number of para-hydroxylation sites is 1. The second-order valence-electron chi connectivity index (χ2n) is 6.25. The van der Waals surface area contributed by atoms with Gasteiger partial charge in [0.15, 0.2) is 0 Å². The summed E-state index contributed by atoms with van der Waals surface area (Å²) in [6.07, 6.45) is 1.75. The van der Waals surface area contributed by atoms with Gasteiger partial charge < -0.3 is 9.80 Å². The minimum absolute atomic E-state index is 0.0649. The average molecular weight is 376 g/mol. The van der Waals surface area contributed by atoms with Crippen molar-refractivity contribution >= 4 is 35.0 Å². The van der Waals surface area contributed by atoms with Crippen LogP contribution in [0.25, 0.3) is 0 Å². The number of hydrogen-bond donors (Lipinski definition) is 0.